The van der Waals surface area contributed by atoms with Gasteiger partial charge in [-0.3, -0.25) is 19.2 Å². The second kappa shape index (κ2) is 9.67. The summed E-state index contributed by atoms with van der Waals surface area (Å²) in [6, 6.07) is 3.40. The number of amides is 6. The van der Waals surface area contributed by atoms with Crippen LogP contribution in [-0.4, -0.2) is 102 Å². The van der Waals surface area contributed by atoms with Crippen LogP contribution in [-0.2, 0) is 24.0 Å². The van der Waals surface area contributed by atoms with Gasteiger partial charge in [0.1, 0.15) is 23.5 Å². The van der Waals surface area contributed by atoms with Crippen LogP contribution in [0.2, 0.25) is 0 Å². The molecule has 13 nitrogen and oxygen atoms in total. The fourth-order valence-corrected chi connectivity index (χ4v) is 6.38. The molecule has 3 heterocycles. The predicted molar refractivity (Wildman–Crippen MR) is 128 cm³/mol. The van der Waals surface area contributed by atoms with Gasteiger partial charge in [0.2, 0.25) is 11.8 Å². The second-order valence-electron chi connectivity index (χ2n) is 9.38. The smallest absolute Gasteiger partial charge is 0.327 e. The van der Waals surface area contributed by atoms with Crippen LogP contribution in [0.4, 0.5) is 4.79 Å². The van der Waals surface area contributed by atoms with Gasteiger partial charge < -0.3 is 30.6 Å². The van der Waals surface area contributed by atoms with Crippen molar-refractivity contribution < 1.29 is 39.0 Å². The number of carbonyl (C=O) groups excluding carboxylic acids is 5. The first-order valence-corrected chi connectivity index (χ1v) is 12.5. The number of likely N-dealkylation sites (N-methyl/N-ethyl adjacent to an activating group) is 1. The second-order valence-corrected chi connectivity index (χ2v) is 11.1. The lowest BCUT2D eigenvalue weighted by Crippen LogP contribution is -2.71. The van der Waals surface area contributed by atoms with E-state index in [1.54, 1.807) is 51.1 Å². The standard InChI is InChI=1S/C23H27N5O8S/c1-4-26-10-12(29)27(19(33)18(26)32)22(36)25-13(11-8-6-5-7-9-11)16(30)24-14-17(31)28-15(21(34)35)23(2,3)37-20(14)28/h5-9,12-15,20,29H,4,10H2,1-3H3,(H,24,30)(H,25,36)(H,34,35)/t12?,13-,14-,15+,20-/m1/s1. The number of carbonyl (C=O) groups is 6. The molecule has 3 aliphatic rings. The third-order valence-corrected chi connectivity index (χ3v) is 8.18. The molecular formula is C23H27N5O8S. The van der Waals surface area contributed by atoms with E-state index in [9.17, 15) is 39.0 Å². The summed E-state index contributed by atoms with van der Waals surface area (Å²) in [5.41, 5.74) is 0.320. The van der Waals surface area contributed by atoms with Crippen LogP contribution in [0.3, 0.4) is 0 Å². The molecule has 0 radical (unpaired) electrons. The maximum Gasteiger partial charge on any atom is 0.327 e. The molecule has 3 fully saturated rings. The number of β-lactam (4-membered cyclic amide) rings is 1. The minimum atomic E-state index is -1.61. The Kier molecular flexibility index (Phi) is 6.90. The van der Waals surface area contributed by atoms with Crippen molar-refractivity contribution in [1.29, 1.82) is 0 Å². The average Bonchev–Trinajstić information content (AvgIpc) is 3.11. The lowest BCUT2D eigenvalue weighted by atomic mass is 9.95. The van der Waals surface area contributed by atoms with Crippen LogP contribution >= 0.6 is 11.8 Å². The van der Waals surface area contributed by atoms with Gasteiger partial charge >= 0.3 is 23.8 Å². The van der Waals surface area contributed by atoms with E-state index >= 15 is 0 Å². The van der Waals surface area contributed by atoms with Crippen molar-refractivity contribution in [2.75, 3.05) is 13.1 Å². The number of hydrogen-bond donors (Lipinski definition) is 4. The van der Waals surface area contributed by atoms with E-state index in [-0.39, 0.29) is 13.1 Å². The number of aliphatic hydroxyl groups excluding tert-OH is 1. The number of rotatable bonds is 6. The number of carboxylic acid groups (broad SMARTS) is 1. The van der Waals surface area contributed by atoms with E-state index in [1.807, 2.05) is 0 Å². The van der Waals surface area contributed by atoms with E-state index in [0.29, 0.717) is 10.5 Å². The van der Waals surface area contributed by atoms with E-state index in [0.717, 1.165) is 4.90 Å². The Morgan fingerprint density at radius 2 is 1.78 bits per heavy atom. The average molecular weight is 534 g/mol. The first kappa shape index (κ1) is 26.4. The van der Waals surface area contributed by atoms with Gasteiger partial charge in [-0.15, -0.1) is 11.8 Å². The minimum Gasteiger partial charge on any atom is -0.480 e. The number of piperazine rings is 1. The van der Waals surface area contributed by atoms with Crippen LogP contribution in [0.1, 0.15) is 32.4 Å². The molecule has 3 aliphatic heterocycles. The summed E-state index contributed by atoms with van der Waals surface area (Å²) >= 11 is 1.25. The summed E-state index contributed by atoms with van der Waals surface area (Å²) < 4.78 is -0.789. The number of imide groups is 1. The number of nitrogens with zero attached hydrogens (tertiary/aromatic N) is 3. The molecule has 5 atom stereocenters. The highest BCUT2D eigenvalue weighted by Crippen LogP contribution is 2.50. The molecule has 0 aliphatic carbocycles. The number of fused-ring (bicyclic) bond motifs is 1. The summed E-state index contributed by atoms with van der Waals surface area (Å²) in [4.78, 5) is 78.3. The molecular weight excluding hydrogens is 506 g/mol. The van der Waals surface area contributed by atoms with Crippen LogP contribution < -0.4 is 10.6 Å². The van der Waals surface area contributed by atoms with Crippen molar-refractivity contribution >= 4 is 47.4 Å². The van der Waals surface area contributed by atoms with Crippen molar-refractivity contribution in [2.24, 2.45) is 0 Å². The van der Waals surface area contributed by atoms with Crippen LogP contribution in [0.15, 0.2) is 30.3 Å². The summed E-state index contributed by atoms with van der Waals surface area (Å²) in [5, 5.41) is 24.3. The van der Waals surface area contributed by atoms with E-state index in [1.165, 1.54) is 16.7 Å². The molecule has 1 aromatic carbocycles. The molecule has 0 saturated carbocycles. The maximum absolute atomic E-state index is 13.3. The molecule has 0 spiro atoms. The van der Waals surface area contributed by atoms with E-state index in [2.05, 4.69) is 10.6 Å². The molecule has 37 heavy (non-hydrogen) atoms. The Morgan fingerprint density at radius 3 is 2.38 bits per heavy atom. The van der Waals surface area contributed by atoms with Crippen LogP contribution in [0.5, 0.6) is 0 Å². The lowest BCUT2D eigenvalue weighted by Gasteiger charge is -2.44. The number of benzene rings is 1. The van der Waals surface area contributed by atoms with Crippen LogP contribution in [0, 0.1) is 0 Å². The quantitative estimate of drug-likeness (QED) is 0.266. The fourth-order valence-electron chi connectivity index (χ4n) is 4.76. The number of urea groups is 1. The highest BCUT2D eigenvalue weighted by molar-refractivity contribution is 8.01. The summed E-state index contributed by atoms with van der Waals surface area (Å²) in [6.45, 7) is 4.92. The summed E-state index contributed by atoms with van der Waals surface area (Å²) in [7, 11) is 0. The molecule has 0 aromatic heterocycles. The van der Waals surface area contributed by atoms with Crippen LogP contribution in [0.25, 0.3) is 0 Å². The third-order valence-electron chi connectivity index (χ3n) is 6.61. The SMILES string of the molecule is CCN1CC(O)N(C(=O)N[C@@H](C(=O)N[C@@H]2C(=O)N3[C@@H]2SC(C)(C)[C@@H]3C(=O)O)c2ccccc2)C(=O)C1=O. The van der Waals surface area contributed by atoms with Crippen molar-refractivity contribution in [3.05, 3.63) is 35.9 Å². The minimum absolute atomic E-state index is 0.164. The number of aliphatic hydroxyl groups is 1. The molecule has 1 unspecified atom stereocenters. The van der Waals surface area contributed by atoms with Crippen molar-refractivity contribution in [1.82, 2.24) is 25.3 Å². The number of carboxylic acids is 1. The van der Waals surface area contributed by atoms with E-state index in [4.69, 9.17) is 0 Å². The molecule has 198 valence electrons. The van der Waals surface area contributed by atoms with Gasteiger partial charge in [0.05, 0.1) is 6.54 Å². The Hall–Kier alpha value is -3.65. The maximum atomic E-state index is 13.3. The van der Waals surface area contributed by atoms with Crippen molar-refractivity contribution in [3.8, 4) is 0 Å². The van der Waals surface area contributed by atoms with Gasteiger partial charge in [-0.25, -0.2) is 14.5 Å². The monoisotopic (exact) mass is 533 g/mol. The molecule has 1 aromatic rings. The fraction of sp³-hybridized carbons (Fsp3) is 0.478. The van der Waals surface area contributed by atoms with E-state index < -0.39 is 70.1 Å². The van der Waals surface area contributed by atoms with Gasteiger partial charge in [-0.2, -0.15) is 0 Å². The molecule has 0 bridgehead atoms. The molecule has 6 amide bonds. The Balaban J connectivity index is 1.53. The van der Waals surface area contributed by atoms with Gasteiger partial charge in [0, 0.05) is 11.3 Å². The Morgan fingerprint density at radius 1 is 1.14 bits per heavy atom. The topological polar surface area (TPSA) is 177 Å². The molecule has 4 N–H and O–H groups in total. The summed E-state index contributed by atoms with van der Waals surface area (Å²) in [5.74, 6) is -4.69. The van der Waals surface area contributed by atoms with Gasteiger partial charge in [-0.05, 0) is 26.3 Å². The highest BCUT2D eigenvalue weighted by atomic mass is 32.2. The Labute approximate surface area is 216 Å². The highest BCUT2D eigenvalue weighted by Gasteiger charge is 2.64. The molecule has 14 heteroatoms. The number of aliphatic carboxylic acids is 1. The third kappa shape index (κ3) is 4.50. The molecule has 3 saturated heterocycles. The number of hydrogen-bond acceptors (Lipinski definition) is 8. The molecule has 4 rings (SSSR count). The number of β-amino-alcohol motifs (C(OH)–C–C–N with tert-alkyl or cyclic N) is 1. The number of nitrogens with one attached hydrogen (secondary N) is 2. The Bertz CT molecular complexity index is 1160. The van der Waals surface area contributed by atoms with Gasteiger partial charge in [0.15, 0.2) is 6.23 Å². The first-order chi connectivity index (χ1) is 17.4. The van der Waals surface area contributed by atoms with Gasteiger partial charge in [-0.1, -0.05) is 30.3 Å². The summed E-state index contributed by atoms with van der Waals surface area (Å²) in [6.07, 6.45) is -1.61. The normalized spacial score (nSPS) is 27.4. The van der Waals surface area contributed by atoms with Crippen molar-refractivity contribution in [3.63, 3.8) is 0 Å². The van der Waals surface area contributed by atoms with Gasteiger partial charge in [0.25, 0.3) is 0 Å². The number of thioether (sulfide) groups is 1. The largest absolute Gasteiger partial charge is 0.480 e. The zero-order valence-electron chi connectivity index (χ0n) is 20.3. The first-order valence-electron chi connectivity index (χ1n) is 11.6. The van der Waals surface area contributed by atoms with Crippen molar-refractivity contribution in [2.45, 2.75) is 55.2 Å². The zero-order chi connectivity index (χ0) is 27.2. The zero-order valence-corrected chi connectivity index (χ0v) is 21.1. The predicted octanol–water partition coefficient (Wildman–Crippen LogP) is -0.922. The lowest BCUT2D eigenvalue weighted by molar-refractivity contribution is -0.163.